The molecule has 0 amide bonds. The molecule has 4 heteroatoms. The fraction of sp³-hybridized carbons (Fsp3) is 0. The average Bonchev–Trinajstić information content (AvgIpc) is 0. The Balaban J connectivity index is 0. The maximum atomic E-state index is 0. The van der Waals surface area contributed by atoms with E-state index in [0.29, 0.717) is 0 Å². The minimum atomic E-state index is 0. The third-order valence-corrected chi connectivity index (χ3v) is 0. The SMILES string of the molecule is O.[Na].[Sb].[W]. The van der Waals surface area contributed by atoms with Crippen LogP contribution >= 0.6 is 0 Å². The first kappa shape index (κ1) is 31.8. The van der Waals surface area contributed by atoms with Crippen LogP contribution in [0.3, 0.4) is 0 Å². The van der Waals surface area contributed by atoms with Gasteiger partial charge in [-0.1, -0.05) is 0 Å². The van der Waals surface area contributed by atoms with Gasteiger partial charge in [-0.2, -0.15) is 0 Å². The van der Waals surface area contributed by atoms with Crippen molar-refractivity contribution in [2.24, 2.45) is 0 Å². The van der Waals surface area contributed by atoms with E-state index in [0.717, 1.165) is 0 Å². The Kier molecular flexibility index (Phi) is 142. The van der Waals surface area contributed by atoms with Crippen molar-refractivity contribution < 1.29 is 26.5 Å². The summed E-state index contributed by atoms with van der Waals surface area (Å²) in [5.41, 5.74) is 0. The third-order valence-electron chi connectivity index (χ3n) is 0. The van der Waals surface area contributed by atoms with Gasteiger partial charge in [0, 0.05) is 75.1 Å². The summed E-state index contributed by atoms with van der Waals surface area (Å²) in [7, 11) is 0. The fourth-order valence-electron chi connectivity index (χ4n) is 0. The molecule has 0 spiro atoms. The van der Waals surface area contributed by atoms with E-state index in [1.54, 1.807) is 0 Å². The molecule has 0 fully saturated rings. The molecule has 20 valence electrons. The van der Waals surface area contributed by atoms with E-state index in [-0.39, 0.29) is 80.5 Å². The van der Waals surface area contributed by atoms with Crippen LogP contribution in [-0.4, -0.2) is 59.5 Å². The molecular weight excluding hydrogens is 345 g/mol. The summed E-state index contributed by atoms with van der Waals surface area (Å²) in [4.78, 5) is 0. The van der Waals surface area contributed by atoms with E-state index in [1.807, 2.05) is 0 Å². The molecule has 4 radical (unpaired) electrons. The van der Waals surface area contributed by atoms with E-state index in [1.165, 1.54) is 0 Å². The monoisotopic (exact) mass is 346 g/mol. The molecule has 0 atom stereocenters. The normalized spacial score (nSPS) is 0. The molecule has 0 aromatic rings. The Bertz CT molecular complexity index is 8.00. The van der Waals surface area contributed by atoms with E-state index in [4.69, 9.17) is 0 Å². The summed E-state index contributed by atoms with van der Waals surface area (Å²) in [6.45, 7) is 0. The van der Waals surface area contributed by atoms with Crippen molar-refractivity contribution in [3.8, 4) is 0 Å². The second-order valence-electron chi connectivity index (χ2n) is 0. The fourth-order valence-corrected chi connectivity index (χ4v) is 0. The van der Waals surface area contributed by atoms with Crippen molar-refractivity contribution in [3.63, 3.8) is 0 Å². The standard InChI is InChI=1S/Na.H2O.Sb.W/h;1H2;;. The van der Waals surface area contributed by atoms with Gasteiger partial charge in [-0.05, 0) is 0 Å². The first-order chi connectivity index (χ1) is 0. The molecule has 0 aromatic heterocycles. The van der Waals surface area contributed by atoms with E-state index < -0.39 is 0 Å². The van der Waals surface area contributed by atoms with Crippen molar-refractivity contribution in [1.82, 2.24) is 0 Å². The maximum Gasteiger partial charge on any atom is 0 e. The molecule has 0 rings (SSSR count). The van der Waals surface area contributed by atoms with Gasteiger partial charge >= 0.3 is 0 Å². The number of hydrogen-bond donors (Lipinski definition) is 0. The van der Waals surface area contributed by atoms with E-state index in [9.17, 15) is 0 Å². The minimum absolute atomic E-state index is 0. The Hall–Kier alpha value is 2.47. The van der Waals surface area contributed by atoms with Crippen LogP contribution in [0.1, 0.15) is 0 Å². The van der Waals surface area contributed by atoms with Crippen molar-refractivity contribution in [3.05, 3.63) is 0 Å². The maximum absolute atomic E-state index is 0. The van der Waals surface area contributed by atoms with Gasteiger partial charge < -0.3 is 5.48 Å². The van der Waals surface area contributed by atoms with Gasteiger partial charge in [0.05, 0.1) is 0 Å². The molecule has 0 heterocycles. The summed E-state index contributed by atoms with van der Waals surface area (Å²) in [5.74, 6) is 0. The minimum Gasteiger partial charge on any atom is -0.412 e. The summed E-state index contributed by atoms with van der Waals surface area (Å²) in [6, 6.07) is 0. The van der Waals surface area contributed by atoms with Gasteiger partial charge in [0.1, 0.15) is 0 Å². The molecule has 0 aliphatic rings. The molecule has 4 heavy (non-hydrogen) atoms. The predicted molar refractivity (Wildman–Crippen MR) is 15.1 cm³/mol. The second-order valence-corrected chi connectivity index (χ2v) is 0. The van der Waals surface area contributed by atoms with Gasteiger partial charge in [-0.3, -0.25) is 0 Å². The average molecular weight is 347 g/mol. The van der Waals surface area contributed by atoms with Gasteiger partial charge in [0.2, 0.25) is 0 Å². The predicted octanol–water partition coefficient (Wildman–Crippen LogP) is -1.59. The van der Waals surface area contributed by atoms with E-state index >= 15 is 0 Å². The molecule has 0 unspecified atom stereocenters. The van der Waals surface area contributed by atoms with Crippen LogP contribution in [0.2, 0.25) is 0 Å². The molecular formula is H2NaOSbW. The molecule has 0 saturated carbocycles. The molecule has 0 aliphatic heterocycles. The van der Waals surface area contributed by atoms with Crippen molar-refractivity contribution in [1.29, 1.82) is 0 Å². The van der Waals surface area contributed by atoms with E-state index in [2.05, 4.69) is 0 Å². The topological polar surface area (TPSA) is 31.5 Å². The van der Waals surface area contributed by atoms with Crippen LogP contribution in [0.25, 0.3) is 0 Å². The first-order valence-electron chi connectivity index (χ1n) is 0. The number of rotatable bonds is 0. The van der Waals surface area contributed by atoms with Crippen LogP contribution in [-0.2, 0) is 21.1 Å². The molecule has 0 aliphatic carbocycles. The van der Waals surface area contributed by atoms with Crippen molar-refractivity contribution in [2.45, 2.75) is 0 Å². The van der Waals surface area contributed by atoms with Crippen molar-refractivity contribution >= 4 is 54.0 Å². The van der Waals surface area contributed by atoms with Crippen LogP contribution in [0.5, 0.6) is 0 Å². The first-order valence-corrected chi connectivity index (χ1v) is 0. The van der Waals surface area contributed by atoms with Crippen LogP contribution < -0.4 is 0 Å². The summed E-state index contributed by atoms with van der Waals surface area (Å²) in [5, 5.41) is 0. The molecule has 0 bridgehead atoms. The zero-order valence-electron chi connectivity index (χ0n) is 2.36. The summed E-state index contributed by atoms with van der Waals surface area (Å²) in [6.07, 6.45) is 0. The zero-order chi connectivity index (χ0) is 0. The Labute approximate surface area is 79.2 Å². The van der Waals surface area contributed by atoms with Gasteiger partial charge in [-0.25, -0.2) is 0 Å². The quantitative estimate of drug-likeness (QED) is 0.474. The Morgan fingerprint density at radius 2 is 1.00 bits per heavy atom. The second kappa shape index (κ2) is 17.9. The smallest absolute Gasteiger partial charge is 0 e. The third kappa shape index (κ3) is 8.82. The van der Waals surface area contributed by atoms with Gasteiger partial charge in [0.15, 0.2) is 0 Å². The summed E-state index contributed by atoms with van der Waals surface area (Å²) < 4.78 is 0. The van der Waals surface area contributed by atoms with Crippen molar-refractivity contribution in [2.75, 3.05) is 0 Å². The van der Waals surface area contributed by atoms with Gasteiger partial charge in [-0.15, -0.1) is 0 Å². The molecule has 0 aromatic carbocycles. The Morgan fingerprint density at radius 3 is 1.00 bits per heavy atom. The molecule has 1 nitrogen and oxygen atoms in total. The molecule has 0 saturated heterocycles. The molecule has 2 N–H and O–H groups in total. The Morgan fingerprint density at radius 1 is 1.00 bits per heavy atom. The summed E-state index contributed by atoms with van der Waals surface area (Å²) >= 11 is 0. The van der Waals surface area contributed by atoms with Crippen LogP contribution in [0.4, 0.5) is 0 Å². The zero-order valence-corrected chi connectivity index (χ0v) is 9.84. The largest absolute Gasteiger partial charge is 0.412 e. The number of hydrogen-bond acceptors (Lipinski definition) is 0. The van der Waals surface area contributed by atoms with Gasteiger partial charge in [0.25, 0.3) is 0 Å². The van der Waals surface area contributed by atoms with Crippen LogP contribution in [0, 0.1) is 0 Å². The van der Waals surface area contributed by atoms with Crippen LogP contribution in [0.15, 0.2) is 0 Å².